The highest BCUT2D eigenvalue weighted by atomic mass is 32.1. The Kier molecular flexibility index (Phi) is 4.94. The smallest absolute Gasteiger partial charge is 0.229 e. The summed E-state index contributed by atoms with van der Waals surface area (Å²) in [5.41, 5.74) is 2.89. The number of nitrogens with one attached hydrogen (secondary N) is 2. The molecule has 1 aliphatic rings. The molecule has 0 bridgehead atoms. The number of carbonyl (C=O) groups excluding carboxylic acids is 2. The largest absolute Gasteiger partial charge is 0.350 e. The van der Waals surface area contributed by atoms with Gasteiger partial charge in [-0.25, -0.2) is 4.98 Å². The van der Waals surface area contributed by atoms with Gasteiger partial charge in [-0.05, 0) is 25.3 Å². The van der Waals surface area contributed by atoms with Crippen molar-refractivity contribution in [3.63, 3.8) is 0 Å². The SMILES string of the molecule is CC(=O)N[C@@H](C)c1ccc(-c2csc(NC(=O)C3CCC3)n2)cc1. The van der Waals surface area contributed by atoms with Crippen molar-refractivity contribution >= 4 is 28.3 Å². The van der Waals surface area contributed by atoms with Crippen LogP contribution in [0.25, 0.3) is 11.3 Å². The summed E-state index contributed by atoms with van der Waals surface area (Å²) in [6.07, 6.45) is 3.11. The monoisotopic (exact) mass is 343 g/mol. The van der Waals surface area contributed by atoms with Gasteiger partial charge in [0, 0.05) is 23.8 Å². The zero-order chi connectivity index (χ0) is 17.1. The molecule has 1 fully saturated rings. The summed E-state index contributed by atoms with van der Waals surface area (Å²) in [4.78, 5) is 27.6. The van der Waals surface area contributed by atoms with Gasteiger partial charge in [-0.15, -0.1) is 11.3 Å². The van der Waals surface area contributed by atoms with E-state index in [1.807, 2.05) is 36.6 Å². The highest BCUT2D eigenvalue weighted by Crippen LogP contribution is 2.30. The average molecular weight is 343 g/mol. The van der Waals surface area contributed by atoms with Crippen LogP contribution in [0.5, 0.6) is 0 Å². The summed E-state index contributed by atoms with van der Waals surface area (Å²) in [6, 6.07) is 7.92. The van der Waals surface area contributed by atoms with E-state index in [2.05, 4.69) is 15.6 Å². The molecule has 2 N–H and O–H groups in total. The molecule has 1 atom stereocenters. The van der Waals surface area contributed by atoms with E-state index < -0.39 is 0 Å². The third-order valence-electron chi connectivity index (χ3n) is 4.34. The molecule has 5 nitrogen and oxygen atoms in total. The Balaban J connectivity index is 1.66. The Morgan fingerprint density at radius 1 is 1.25 bits per heavy atom. The molecule has 1 aliphatic carbocycles. The summed E-state index contributed by atoms with van der Waals surface area (Å²) in [7, 11) is 0. The molecule has 0 saturated heterocycles. The standard InChI is InChI=1S/C18H21N3O2S/c1-11(19-12(2)22)13-6-8-14(9-7-13)16-10-24-18(20-16)21-17(23)15-4-3-5-15/h6-11,15H,3-5H2,1-2H3,(H,19,22)(H,20,21,23)/t11-/m0/s1. The first kappa shape index (κ1) is 16.6. The number of anilines is 1. The molecular weight excluding hydrogens is 322 g/mol. The van der Waals surface area contributed by atoms with Crippen molar-refractivity contribution in [1.82, 2.24) is 10.3 Å². The van der Waals surface area contributed by atoms with Crippen molar-refractivity contribution in [3.05, 3.63) is 35.2 Å². The van der Waals surface area contributed by atoms with Gasteiger partial charge in [-0.3, -0.25) is 9.59 Å². The molecular formula is C18H21N3O2S. The predicted molar refractivity (Wildman–Crippen MR) is 95.8 cm³/mol. The maximum Gasteiger partial charge on any atom is 0.229 e. The van der Waals surface area contributed by atoms with E-state index in [4.69, 9.17) is 0 Å². The molecule has 0 aliphatic heterocycles. The third-order valence-corrected chi connectivity index (χ3v) is 5.09. The van der Waals surface area contributed by atoms with Gasteiger partial charge in [0.15, 0.2) is 5.13 Å². The highest BCUT2D eigenvalue weighted by Gasteiger charge is 2.25. The molecule has 1 heterocycles. The number of carbonyl (C=O) groups is 2. The topological polar surface area (TPSA) is 71.1 Å². The van der Waals surface area contributed by atoms with E-state index >= 15 is 0 Å². The normalized spacial score (nSPS) is 15.4. The number of benzene rings is 1. The molecule has 0 spiro atoms. The molecule has 0 unspecified atom stereocenters. The Bertz CT molecular complexity index is 735. The van der Waals surface area contributed by atoms with E-state index in [0.717, 1.165) is 36.1 Å². The number of hydrogen-bond donors (Lipinski definition) is 2. The molecule has 1 aromatic heterocycles. The van der Waals surface area contributed by atoms with Crippen molar-refractivity contribution < 1.29 is 9.59 Å². The van der Waals surface area contributed by atoms with Crippen molar-refractivity contribution in [2.24, 2.45) is 5.92 Å². The summed E-state index contributed by atoms with van der Waals surface area (Å²) in [5.74, 6) is 0.200. The van der Waals surface area contributed by atoms with Crippen LogP contribution in [0.4, 0.5) is 5.13 Å². The van der Waals surface area contributed by atoms with E-state index in [0.29, 0.717) is 5.13 Å². The molecule has 0 radical (unpaired) electrons. The Morgan fingerprint density at radius 3 is 2.54 bits per heavy atom. The minimum absolute atomic E-state index is 0.0238. The van der Waals surface area contributed by atoms with Crippen molar-refractivity contribution in [3.8, 4) is 11.3 Å². The fourth-order valence-corrected chi connectivity index (χ4v) is 3.40. The molecule has 1 saturated carbocycles. The number of nitrogens with zero attached hydrogens (tertiary/aromatic N) is 1. The number of aromatic nitrogens is 1. The van der Waals surface area contributed by atoms with Gasteiger partial charge in [0.1, 0.15) is 0 Å². The van der Waals surface area contributed by atoms with Crippen LogP contribution in [0.1, 0.15) is 44.7 Å². The molecule has 3 rings (SSSR count). The Morgan fingerprint density at radius 2 is 1.96 bits per heavy atom. The van der Waals surface area contributed by atoms with E-state index in [-0.39, 0.29) is 23.8 Å². The third kappa shape index (κ3) is 3.82. The van der Waals surface area contributed by atoms with Crippen LogP contribution < -0.4 is 10.6 Å². The van der Waals surface area contributed by atoms with E-state index in [1.54, 1.807) is 0 Å². The van der Waals surface area contributed by atoms with Crippen LogP contribution in [0.15, 0.2) is 29.6 Å². The second-order valence-corrected chi connectivity index (χ2v) is 7.06. The Hall–Kier alpha value is -2.21. The summed E-state index contributed by atoms with van der Waals surface area (Å²) in [6.45, 7) is 3.47. The second-order valence-electron chi connectivity index (χ2n) is 6.20. The number of rotatable bonds is 5. The van der Waals surface area contributed by atoms with Crippen molar-refractivity contribution in [2.45, 2.75) is 39.2 Å². The molecule has 2 amide bonds. The molecule has 2 aromatic rings. The zero-order valence-corrected chi connectivity index (χ0v) is 14.7. The first-order valence-electron chi connectivity index (χ1n) is 8.17. The summed E-state index contributed by atoms with van der Waals surface area (Å²) >= 11 is 1.44. The first-order chi connectivity index (χ1) is 11.5. The fourth-order valence-electron chi connectivity index (χ4n) is 2.67. The summed E-state index contributed by atoms with van der Waals surface area (Å²) < 4.78 is 0. The van der Waals surface area contributed by atoms with Crippen LogP contribution in [-0.2, 0) is 9.59 Å². The lowest BCUT2D eigenvalue weighted by molar-refractivity contribution is -0.122. The molecule has 24 heavy (non-hydrogen) atoms. The van der Waals surface area contributed by atoms with E-state index in [1.165, 1.54) is 18.3 Å². The van der Waals surface area contributed by atoms with Crippen LogP contribution >= 0.6 is 11.3 Å². The number of thiazole rings is 1. The minimum Gasteiger partial charge on any atom is -0.350 e. The molecule has 6 heteroatoms. The number of amides is 2. The zero-order valence-electron chi connectivity index (χ0n) is 13.8. The van der Waals surface area contributed by atoms with Gasteiger partial charge in [-0.1, -0.05) is 30.7 Å². The lowest BCUT2D eigenvalue weighted by Gasteiger charge is -2.23. The van der Waals surface area contributed by atoms with Crippen LogP contribution in [-0.4, -0.2) is 16.8 Å². The van der Waals surface area contributed by atoms with Gasteiger partial charge in [0.2, 0.25) is 11.8 Å². The quantitative estimate of drug-likeness (QED) is 0.868. The van der Waals surface area contributed by atoms with E-state index in [9.17, 15) is 9.59 Å². The Labute approximate surface area is 145 Å². The maximum atomic E-state index is 12.0. The average Bonchev–Trinajstić information content (AvgIpc) is 2.93. The number of hydrogen-bond acceptors (Lipinski definition) is 4. The molecule has 1 aromatic carbocycles. The summed E-state index contributed by atoms with van der Waals surface area (Å²) in [5, 5.41) is 8.37. The van der Waals surface area contributed by atoms with Gasteiger partial charge in [0.05, 0.1) is 11.7 Å². The van der Waals surface area contributed by atoms with Crippen LogP contribution in [0, 0.1) is 5.92 Å². The van der Waals surface area contributed by atoms with Crippen molar-refractivity contribution in [1.29, 1.82) is 0 Å². The van der Waals surface area contributed by atoms with Crippen LogP contribution in [0.3, 0.4) is 0 Å². The molecule has 126 valence electrons. The second kappa shape index (κ2) is 7.13. The van der Waals surface area contributed by atoms with Gasteiger partial charge in [-0.2, -0.15) is 0 Å². The predicted octanol–water partition coefficient (Wildman–Crippen LogP) is 3.75. The first-order valence-corrected chi connectivity index (χ1v) is 9.04. The minimum atomic E-state index is -0.0436. The lowest BCUT2D eigenvalue weighted by Crippen LogP contribution is -2.27. The maximum absolute atomic E-state index is 12.0. The van der Waals surface area contributed by atoms with Gasteiger partial charge in [0.25, 0.3) is 0 Å². The van der Waals surface area contributed by atoms with Crippen LogP contribution in [0.2, 0.25) is 0 Å². The fraction of sp³-hybridized carbons (Fsp3) is 0.389. The van der Waals surface area contributed by atoms with Gasteiger partial charge < -0.3 is 10.6 Å². The highest BCUT2D eigenvalue weighted by molar-refractivity contribution is 7.14. The van der Waals surface area contributed by atoms with Gasteiger partial charge >= 0.3 is 0 Å². The lowest BCUT2D eigenvalue weighted by atomic mass is 9.85. The van der Waals surface area contributed by atoms with Crippen molar-refractivity contribution in [2.75, 3.05) is 5.32 Å².